The lowest BCUT2D eigenvalue weighted by molar-refractivity contribution is 0.362. The molecular weight excluding hydrogens is 372 g/mol. The van der Waals surface area contributed by atoms with Gasteiger partial charge in [-0.05, 0) is 80.3 Å². The largest absolute Gasteiger partial charge is 0.490 e. The Labute approximate surface area is 181 Å². The van der Waals surface area contributed by atoms with Gasteiger partial charge in [-0.1, -0.05) is 66.3 Å². The van der Waals surface area contributed by atoms with Crippen LogP contribution in [0.15, 0.2) is 84.5 Å². The molecule has 0 heterocycles. The van der Waals surface area contributed by atoms with E-state index in [9.17, 15) is 0 Å². The maximum absolute atomic E-state index is 5.85. The third-order valence-electron chi connectivity index (χ3n) is 5.70. The minimum Gasteiger partial charge on any atom is -0.490 e. The zero-order chi connectivity index (χ0) is 20.6. The molecule has 0 aliphatic heterocycles. The van der Waals surface area contributed by atoms with E-state index >= 15 is 0 Å². The molecular formula is C27H32OS. The van der Waals surface area contributed by atoms with E-state index in [1.54, 1.807) is 0 Å². The van der Waals surface area contributed by atoms with Crippen molar-refractivity contribution in [2.45, 2.75) is 50.7 Å². The Morgan fingerprint density at radius 1 is 0.931 bits per heavy atom. The molecule has 1 nitrogen and oxygen atoms in total. The standard InChI is InChI=1S/C27H32OS/c1-4-20(2)19-21(3)17-18-28-26-13-9-24(10-14-26)22-5-7-23(8-6-22)25-11-15-27(29)16-12-25/h4-10,13-14,17,19,25,27,29H,1,11-12,15-16,18H2,2-3H3/b20-19-,21-17-. The van der Waals surface area contributed by atoms with Crippen molar-refractivity contribution < 1.29 is 4.74 Å². The van der Waals surface area contributed by atoms with Gasteiger partial charge >= 0.3 is 0 Å². The Morgan fingerprint density at radius 2 is 1.52 bits per heavy atom. The molecule has 0 spiro atoms. The van der Waals surface area contributed by atoms with Gasteiger partial charge in [-0.15, -0.1) is 0 Å². The highest BCUT2D eigenvalue weighted by Gasteiger charge is 2.19. The highest BCUT2D eigenvalue weighted by Crippen LogP contribution is 2.35. The highest BCUT2D eigenvalue weighted by molar-refractivity contribution is 7.80. The first kappa shape index (κ1) is 21.5. The third-order valence-corrected chi connectivity index (χ3v) is 6.22. The van der Waals surface area contributed by atoms with Gasteiger partial charge in [0.2, 0.25) is 0 Å². The molecule has 1 fully saturated rings. The Balaban J connectivity index is 1.57. The summed E-state index contributed by atoms with van der Waals surface area (Å²) in [4.78, 5) is 0. The lowest BCUT2D eigenvalue weighted by Crippen LogP contribution is -2.12. The maximum atomic E-state index is 5.85. The molecule has 2 aromatic rings. The van der Waals surface area contributed by atoms with Gasteiger partial charge in [-0.25, -0.2) is 0 Å². The van der Waals surface area contributed by atoms with Gasteiger partial charge in [-0.2, -0.15) is 12.6 Å². The fraction of sp³-hybridized carbons (Fsp3) is 0.333. The second-order valence-corrected chi connectivity index (χ2v) is 8.73. The summed E-state index contributed by atoms with van der Waals surface area (Å²) in [5.41, 5.74) is 6.28. The molecule has 0 atom stereocenters. The molecule has 0 radical (unpaired) electrons. The number of allylic oxidation sites excluding steroid dienone is 4. The van der Waals surface area contributed by atoms with Gasteiger partial charge in [0.05, 0.1) is 0 Å². The van der Waals surface area contributed by atoms with Crippen LogP contribution in [-0.4, -0.2) is 11.9 Å². The van der Waals surface area contributed by atoms with E-state index < -0.39 is 0 Å². The molecule has 29 heavy (non-hydrogen) atoms. The van der Waals surface area contributed by atoms with E-state index in [1.807, 2.05) is 25.1 Å². The van der Waals surface area contributed by atoms with Gasteiger partial charge in [-0.3, -0.25) is 0 Å². The van der Waals surface area contributed by atoms with Crippen LogP contribution in [0, 0.1) is 0 Å². The first-order valence-electron chi connectivity index (χ1n) is 10.5. The zero-order valence-electron chi connectivity index (χ0n) is 17.6. The molecule has 2 aromatic carbocycles. The molecule has 0 aromatic heterocycles. The summed E-state index contributed by atoms with van der Waals surface area (Å²) in [6.45, 7) is 8.46. The molecule has 1 saturated carbocycles. The van der Waals surface area contributed by atoms with E-state index in [1.165, 1.54) is 47.9 Å². The van der Waals surface area contributed by atoms with Crippen molar-refractivity contribution in [3.05, 3.63) is 90.0 Å². The molecule has 2 heteroatoms. The van der Waals surface area contributed by atoms with Gasteiger partial charge in [0.1, 0.15) is 12.4 Å². The summed E-state index contributed by atoms with van der Waals surface area (Å²) < 4.78 is 5.85. The first-order chi connectivity index (χ1) is 14.0. The van der Waals surface area contributed by atoms with Crippen molar-refractivity contribution in [1.29, 1.82) is 0 Å². The monoisotopic (exact) mass is 404 g/mol. The Kier molecular flexibility index (Phi) is 7.83. The Morgan fingerprint density at radius 3 is 2.10 bits per heavy atom. The topological polar surface area (TPSA) is 9.23 Å². The second kappa shape index (κ2) is 10.5. The van der Waals surface area contributed by atoms with E-state index in [4.69, 9.17) is 4.74 Å². The molecule has 1 aliphatic rings. The number of benzene rings is 2. The summed E-state index contributed by atoms with van der Waals surface area (Å²) in [7, 11) is 0. The van der Waals surface area contributed by atoms with Crippen LogP contribution in [0.5, 0.6) is 5.75 Å². The van der Waals surface area contributed by atoms with Crippen LogP contribution in [0.2, 0.25) is 0 Å². The lowest BCUT2D eigenvalue weighted by atomic mass is 9.83. The highest BCUT2D eigenvalue weighted by atomic mass is 32.1. The van der Waals surface area contributed by atoms with E-state index in [-0.39, 0.29) is 0 Å². The summed E-state index contributed by atoms with van der Waals surface area (Å²) in [6.07, 6.45) is 11.0. The molecule has 0 N–H and O–H groups in total. The summed E-state index contributed by atoms with van der Waals surface area (Å²) >= 11 is 4.62. The smallest absolute Gasteiger partial charge is 0.119 e. The fourth-order valence-electron chi connectivity index (χ4n) is 3.85. The Hall–Kier alpha value is -2.19. The van der Waals surface area contributed by atoms with E-state index in [0.717, 1.165) is 11.3 Å². The van der Waals surface area contributed by atoms with Crippen LogP contribution in [0.25, 0.3) is 11.1 Å². The van der Waals surface area contributed by atoms with Crippen molar-refractivity contribution in [3.63, 3.8) is 0 Å². The maximum Gasteiger partial charge on any atom is 0.119 e. The number of hydrogen-bond donors (Lipinski definition) is 1. The van der Waals surface area contributed by atoms with Crippen molar-refractivity contribution in [2.75, 3.05) is 6.61 Å². The third kappa shape index (κ3) is 6.40. The van der Waals surface area contributed by atoms with E-state index in [2.05, 4.69) is 74.7 Å². The van der Waals surface area contributed by atoms with Crippen molar-refractivity contribution in [1.82, 2.24) is 0 Å². The number of hydrogen-bond acceptors (Lipinski definition) is 2. The summed E-state index contributed by atoms with van der Waals surface area (Å²) in [6, 6.07) is 17.5. The van der Waals surface area contributed by atoms with E-state index in [0.29, 0.717) is 17.8 Å². The normalized spacial score (nSPS) is 20.4. The van der Waals surface area contributed by atoms with Gasteiger partial charge in [0.15, 0.2) is 0 Å². The molecule has 0 saturated heterocycles. The van der Waals surface area contributed by atoms with Crippen molar-refractivity contribution in [3.8, 4) is 16.9 Å². The van der Waals surface area contributed by atoms with Gasteiger partial charge in [0.25, 0.3) is 0 Å². The fourth-order valence-corrected chi connectivity index (χ4v) is 4.14. The van der Waals surface area contributed by atoms with Crippen molar-refractivity contribution in [2.24, 2.45) is 0 Å². The van der Waals surface area contributed by atoms with Crippen LogP contribution in [0.3, 0.4) is 0 Å². The lowest BCUT2D eigenvalue weighted by Gasteiger charge is -2.26. The second-order valence-electron chi connectivity index (χ2n) is 8.00. The molecule has 1 aliphatic carbocycles. The molecule has 0 unspecified atom stereocenters. The van der Waals surface area contributed by atoms with Crippen molar-refractivity contribution >= 4 is 12.6 Å². The number of thiol groups is 1. The predicted molar refractivity (Wildman–Crippen MR) is 129 cm³/mol. The zero-order valence-corrected chi connectivity index (χ0v) is 18.5. The van der Waals surface area contributed by atoms with Crippen LogP contribution in [0.1, 0.15) is 51.0 Å². The first-order valence-corrected chi connectivity index (χ1v) is 11.1. The minimum atomic E-state index is 0.565. The molecule has 3 rings (SSSR count). The number of rotatable bonds is 7. The molecule has 0 amide bonds. The molecule has 152 valence electrons. The van der Waals surface area contributed by atoms with Crippen LogP contribution >= 0.6 is 12.6 Å². The molecule has 0 bridgehead atoms. The van der Waals surface area contributed by atoms with Crippen LogP contribution < -0.4 is 4.74 Å². The SMILES string of the molecule is C=C/C(C)=C\C(C)=C/COc1ccc(-c2ccc(C3CCC(S)CC3)cc2)cc1. The van der Waals surface area contributed by atoms with Crippen LogP contribution in [0.4, 0.5) is 0 Å². The minimum absolute atomic E-state index is 0.565. The average Bonchev–Trinajstić information content (AvgIpc) is 2.75. The predicted octanol–water partition coefficient (Wildman–Crippen LogP) is 7.77. The Bertz CT molecular complexity index is 850. The van der Waals surface area contributed by atoms with Gasteiger partial charge < -0.3 is 4.74 Å². The quantitative estimate of drug-likeness (QED) is 0.366. The van der Waals surface area contributed by atoms with Crippen LogP contribution in [-0.2, 0) is 0 Å². The van der Waals surface area contributed by atoms with Gasteiger partial charge in [0, 0.05) is 5.25 Å². The average molecular weight is 405 g/mol. The number of ether oxygens (including phenoxy) is 1. The summed E-state index contributed by atoms with van der Waals surface area (Å²) in [5, 5.41) is 0.596. The summed E-state index contributed by atoms with van der Waals surface area (Å²) in [5.74, 6) is 1.59.